The van der Waals surface area contributed by atoms with E-state index >= 15 is 0 Å². The zero-order chi connectivity index (χ0) is 27.1. The van der Waals surface area contributed by atoms with Gasteiger partial charge in [0.2, 0.25) is 5.91 Å². The fourth-order valence-electron chi connectivity index (χ4n) is 5.92. The number of hydrogen-bond acceptors (Lipinski definition) is 7. The number of nitrogens with zero attached hydrogens (tertiary/aromatic N) is 1. The van der Waals surface area contributed by atoms with Crippen LogP contribution in [0.15, 0.2) is 101 Å². The van der Waals surface area contributed by atoms with E-state index in [-0.39, 0.29) is 22.8 Å². The molecule has 10 heteroatoms. The van der Waals surface area contributed by atoms with Crippen LogP contribution < -0.4 is 0 Å². The van der Waals surface area contributed by atoms with Crippen molar-refractivity contribution in [2.75, 3.05) is 14.2 Å². The molecule has 8 nitrogen and oxygen atoms in total. The lowest BCUT2D eigenvalue weighted by atomic mass is 9.73. The zero-order valence-corrected chi connectivity index (χ0v) is 22.6. The molecule has 4 atom stereocenters. The molecule has 3 aromatic rings. The van der Waals surface area contributed by atoms with E-state index in [0.29, 0.717) is 0 Å². The number of hydrogen-bond donors (Lipinski definition) is 0. The van der Waals surface area contributed by atoms with Crippen LogP contribution in [-0.4, -0.2) is 64.2 Å². The van der Waals surface area contributed by atoms with Gasteiger partial charge in [0.1, 0.15) is 11.3 Å². The maximum absolute atomic E-state index is 14.4. The molecule has 3 fully saturated rings. The molecule has 6 rings (SSSR count). The van der Waals surface area contributed by atoms with Gasteiger partial charge in [0.25, 0.3) is 0 Å². The molecular weight excluding hydrogens is 526 g/mol. The Morgan fingerprint density at radius 3 is 1.66 bits per heavy atom. The third-order valence-electron chi connectivity index (χ3n) is 7.67. The lowest BCUT2D eigenvalue weighted by Gasteiger charge is -2.59. The van der Waals surface area contributed by atoms with Gasteiger partial charge in [0, 0.05) is 27.2 Å². The van der Waals surface area contributed by atoms with Gasteiger partial charge in [-0.1, -0.05) is 66.7 Å². The molecule has 0 N–H and O–H groups in total. The summed E-state index contributed by atoms with van der Waals surface area (Å²) in [6.07, 6.45) is -0.0909. The van der Waals surface area contributed by atoms with Crippen molar-refractivity contribution >= 4 is 25.6 Å². The molecule has 3 aliphatic rings. The first-order chi connectivity index (χ1) is 18.2. The van der Waals surface area contributed by atoms with Gasteiger partial charge in [-0.2, -0.15) is 0 Å². The predicted molar refractivity (Wildman–Crippen MR) is 140 cm³/mol. The monoisotopic (exact) mass is 555 g/mol. The minimum Gasteiger partial charge on any atom is -0.351 e. The van der Waals surface area contributed by atoms with Crippen molar-refractivity contribution in [2.24, 2.45) is 5.92 Å². The smallest absolute Gasteiger partial charge is 0.228 e. The molecule has 0 radical (unpaired) electrons. The summed E-state index contributed by atoms with van der Waals surface area (Å²) in [5.41, 5.74) is 0.771. The Bertz CT molecular complexity index is 1510. The zero-order valence-electron chi connectivity index (χ0n) is 21.0. The normalized spacial score (nSPS) is 24.9. The Labute approximate surface area is 223 Å². The number of piperidine rings is 2. The van der Waals surface area contributed by atoms with Crippen LogP contribution in [-0.2, 0) is 40.5 Å². The molecule has 0 spiro atoms. The molecule has 2 aliphatic heterocycles. The molecule has 4 unspecified atom stereocenters. The molecule has 3 aromatic carbocycles. The topological polar surface area (TPSA) is 107 Å². The van der Waals surface area contributed by atoms with Crippen LogP contribution in [0.25, 0.3) is 0 Å². The number of fused-ring (bicyclic) bond motifs is 3. The summed E-state index contributed by atoms with van der Waals surface area (Å²) >= 11 is 0. The quantitative estimate of drug-likeness (QED) is 0.393. The third kappa shape index (κ3) is 4.16. The summed E-state index contributed by atoms with van der Waals surface area (Å²) in [7, 11) is -5.79. The van der Waals surface area contributed by atoms with E-state index < -0.39 is 53.8 Å². The number of benzene rings is 3. The first-order valence-electron chi connectivity index (χ1n) is 12.2. The fourth-order valence-corrected chi connectivity index (χ4v) is 10.9. The second kappa shape index (κ2) is 9.92. The van der Waals surface area contributed by atoms with Crippen LogP contribution in [0.3, 0.4) is 0 Å². The highest BCUT2D eigenvalue weighted by Crippen LogP contribution is 2.51. The predicted octanol–water partition coefficient (Wildman–Crippen LogP) is 3.09. The molecule has 2 bridgehead atoms. The highest BCUT2D eigenvalue weighted by molar-refractivity contribution is 7.96. The SMILES string of the molecule is COC1(OC)CC2C(=O)N(Cc3ccccc3)C1C(S(=O)(=O)c1ccccc1)C2S(=O)(=O)c1ccccc1. The van der Waals surface area contributed by atoms with E-state index in [1.807, 2.05) is 30.3 Å². The first-order valence-corrected chi connectivity index (χ1v) is 15.3. The molecule has 38 heavy (non-hydrogen) atoms. The van der Waals surface area contributed by atoms with Crippen LogP contribution in [0.4, 0.5) is 0 Å². The van der Waals surface area contributed by atoms with Crippen LogP contribution in [0, 0.1) is 5.92 Å². The second-order valence-electron chi connectivity index (χ2n) is 9.57. The van der Waals surface area contributed by atoms with Gasteiger partial charge in [0.15, 0.2) is 25.5 Å². The number of carbonyl (C=O) groups is 1. The largest absolute Gasteiger partial charge is 0.351 e. The molecule has 1 amide bonds. The van der Waals surface area contributed by atoms with Crippen LogP contribution >= 0.6 is 0 Å². The Kier molecular flexibility index (Phi) is 6.93. The summed E-state index contributed by atoms with van der Waals surface area (Å²) in [6.45, 7) is 0.0776. The average Bonchev–Trinajstić information content (AvgIpc) is 2.95. The molecule has 0 aromatic heterocycles. The molecule has 2 saturated heterocycles. The van der Waals surface area contributed by atoms with Crippen molar-refractivity contribution in [1.29, 1.82) is 0 Å². The van der Waals surface area contributed by atoms with Crippen molar-refractivity contribution in [3.05, 3.63) is 96.6 Å². The third-order valence-corrected chi connectivity index (χ3v) is 12.3. The van der Waals surface area contributed by atoms with Gasteiger partial charge in [-0.25, -0.2) is 16.8 Å². The molecule has 1 aliphatic carbocycles. The number of rotatable bonds is 8. The van der Waals surface area contributed by atoms with Crippen molar-refractivity contribution in [3.63, 3.8) is 0 Å². The number of amides is 1. The Balaban J connectivity index is 1.76. The van der Waals surface area contributed by atoms with Gasteiger partial charge >= 0.3 is 0 Å². The van der Waals surface area contributed by atoms with Crippen molar-refractivity contribution in [1.82, 2.24) is 4.90 Å². The van der Waals surface area contributed by atoms with Gasteiger partial charge in [-0.3, -0.25) is 4.79 Å². The summed E-state index contributed by atoms with van der Waals surface area (Å²) < 4.78 is 68.7. The van der Waals surface area contributed by atoms with Crippen LogP contribution in [0.2, 0.25) is 0 Å². The summed E-state index contributed by atoms with van der Waals surface area (Å²) in [5, 5.41) is -3.08. The summed E-state index contributed by atoms with van der Waals surface area (Å²) in [4.78, 5) is 15.3. The van der Waals surface area contributed by atoms with E-state index in [4.69, 9.17) is 9.47 Å². The van der Waals surface area contributed by atoms with E-state index in [1.165, 1.54) is 43.4 Å². The molecule has 200 valence electrons. The standard InChI is InChI=1S/C28H29NO7S2/c1-35-28(36-2)18-23-24(37(31,32)21-14-8-4-9-15-21)25(38(33,34)22-16-10-5-11-17-22)26(28)29(27(23)30)19-20-12-6-3-7-13-20/h3-17,23-26H,18-19H2,1-2H3. The van der Waals surface area contributed by atoms with Gasteiger partial charge in [0.05, 0.1) is 21.0 Å². The van der Waals surface area contributed by atoms with Gasteiger partial charge < -0.3 is 14.4 Å². The van der Waals surface area contributed by atoms with Gasteiger partial charge in [-0.05, 0) is 29.8 Å². The van der Waals surface area contributed by atoms with E-state index in [9.17, 15) is 21.6 Å². The van der Waals surface area contributed by atoms with E-state index in [1.54, 1.807) is 36.4 Å². The van der Waals surface area contributed by atoms with Crippen molar-refractivity contribution < 1.29 is 31.1 Å². The summed E-state index contributed by atoms with van der Waals surface area (Å²) in [6, 6.07) is 23.3. The minimum absolute atomic E-state index is 0.0287. The highest BCUT2D eigenvalue weighted by atomic mass is 32.2. The van der Waals surface area contributed by atoms with E-state index in [2.05, 4.69) is 0 Å². The number of methoxy groups -OCH3 is 2. The maximum Gasteiger partial charge on any atom is 0.228 e. The molecule has 1 saturated carbocycles. The maximum atomic E-state index is 14.4. The molecule has 2 heterocycles. The van der Waals surface area contributed by atoms with Crippen LogP contribution in [0.1, 0.15) is 12.0 Å². The average molecular weight is 556 g/mol. The Hall–Kier alpha value is -3.05. The highest BCUT2D eigenvalue weighted by Gasteiger charge is 2.70. The lowest BCUT2D eigenvalue weighted by Crippen LogP contribution is -2.78. The van der Waals surface area contributed by atoms with E-state index in [0.717, 1.165) is 5.56 Å². The van der Waals surface area contributed by atoms with Crippen LogP contribution in [0.5, 0.6) is 0 Å². The first kappa shape index (κ1) is 26.6. The fraction of sp³-hybridized carbons (Fsp3) is 0.321. The lowest BCUT2D eigenvalue weighted by molar-refractivity contribution is -0.277. The van der Waals surface area contributed by atoms with Crippen molar-refractivity contribution in [3.8, 4) is 0 Å². The summed E-state index contributed by atoms with van der Waals surface area (Å²) in [5.74, 6) is -3.17. The second-order valence-corrected chi connectivity index (χ2v) is 13.8. The minimum atomic E-state index is -4.31. The number of ether oxygens (including phenoxy) is 2. The van der Waals surface area contributed by atoms with Gasteiger partial charge in [-0.15, -0.1) is 0 Å². The number of sulfone groups is 2. The Morgan fingerprint density at radius 2 is 1.18 bits per heavy atom. The van der Waals surface area contributed by atoms with Crippen molar-refractivity contribution in [2.45, 2.75) is 45.1 Å². The Morgan fingerprint density at radius 1 is 0.737 bits per heavy atom. The number of carbonyl (C=O) groups excluding carboxylic acids is 1. The molecular formula is C28H29NO7S2.